The standard InChI is InChI=1S/C10H14ClN3/c11-10-4-9(7(5-12)6-13-10)14-8-2-1-3-8/h4,6,8H,1-3,5,12H2,(H,13,14). The average molecular weight is 212 g/mol. The van der Waals surface area contributed by atoms with Crippen LogP contribution in [0.5, 0.6) is 0 Å². The molecule has 1 heterocycles. The largest absolute Gasteiger partial charge is 0.382 e. The van der Waals surface area contributed by atoms with E-state index in [9.17, 15) is 0 Å². The lowest BCUT2D eigenvalue weighted by Crippen LogP contribution is -2.27. The van der Waals surface area contributed by atoms with E-state index in [1.54, 1.807) is 6.20 Å². The van der Waals surface area contributed by atoms with Crippen LogP contribution < -0.4 is 11.1 Å². The molecule has 0 aromatic carbocycles. The van der Waals surface area contributed by atoms with Gasteiger partial charge in [-0.15, -0.1) is 0 Å². The number of pyridine rings is 1. The second kappa shape index (κ2) is 4.15. The van der Waals surface area contributed by atoms with E-state index in [2.05, 4.69) is 10.3 Å². The second-order valence-electron chi connectivity index (χ2n) is 3.64. The van der Waals surface area contributed by atoms with Gasteiger partial charge in [0.2, 0.25) is 0 Å². The van der Waals surface area contributed by atoms with E-state index < -0.39 is 0 Å². The summed E-state index contributed by atoms with van der Waals surface area (Å²) in [5, 5.41) is 3.95. The highest BCUT2D eigenvalue weighted by atomic mass is 35.5. The van der Waals surface area contributed by atoms with Crippen LogP contribution >= 0.6 is 11.6 Å². The summed E-state index contributed by atoms with van der Waals surface area (Å²) in [6.45, 7) is 0.499. The highest BCUT2D eigenvalue weighted by Gasteiger charge is 2.18. The van der Waals surface area contributed by atoms with Crippen LogP contribution in [0.15, 0.2) is 12.3 Å². The van der Waals surface area contributed by atoms with Gasteiger partial charge in [-0.2, -0.15) is 0 Å². The highest BCUT2D eigenvalue weighted by molar-refractivity contribution is 6.29. The molecule has 0 radical (unpaired) electrons. The first-order valence-electron chi connectivity index (χ1n) is 4.90. The number of nitrogens with one attached hydrogen (secondary N) is 1. The molecule has 0 aliphatic heterocycles. The average Bonchev–Trinajstić information content (AvgIpc) is 2.12. The van der Waals surface area contributed by atoms with E-state index in [4.69, 9.17) is 17.3 Å². The number of hydrogen-bond acceptors (Lipinski definition) is 3. The minimum atomic E-state index is 0.499. The Morgan fingerprint density at radius 2 is 2.36 bits per heavy atom. The maximum Gasteiger partial charge on any atom is 0.131 e. The lowest BCUT2D eigenvalue weighted by atomic mass is 9.93. The third-order valence-electron chi connectivity index (χ3n) is 2.64. The van der Waals surface area contributed by atoms with Crippen LogP contribution in [0.2, 0.25) is 5.15 Å². The second-order valence-corrected chi connectivity index (χ2v) is 4.03. The first-order chi connectivity index (χ1) is 6.79. The van der Waals surface area contributed by atoms with E-state index in [0.29, 0.717) is 17.7 Å². The van der Waals surface area contributed by atoms with Gasteiger partial charge in [-0.05, 0) is 25.3 Å². The molecule has 14 heavy (non-hydrogen) atoms. The Balaban J connectivity index is 2.15. The van der Waals surface area contributed by atoms with Crippen LogP contribution in [0.1, 0.15) is 24.8 Å². The molecule has 1 aromatic heterocycles. The van der Waals surface area contributed by atoms with E-state index >= 15 is 0 Å². The molecule has 0 unspecified atom stereocenters. The molecule has 0 saturated heterocycles. The number of nitrogens with two attached hydrogens (primary N) is 1. The molecular formula is C10H14ClN3. The number of halogens is 1. The van der Waals surface area contributed by atoms with Crippen LogP contribution in [0.4, 0.5) is 5.69 Å². The molecule has 3 nitrogen and oxygen atoms in total. The minimum absolute atomic E-state index is 0.499. The molecule has 1 aliphatic rings. The molecule has 2 rings (SSSR count). The summed E-state index contributed by atoms with van der Waals surface area (Å²) in [5.74, 6) is 0. The predicted molar refractivity (Wildman–Crippen MR) is 58.4 cm³/mol. The van der Waals surface area contributed by atoms with Crippen molar-refractivity contribution >= 4 is 17.3 Å². The maximum absolute atomic E-state index is 5.83. The van der Waals surface area contributed by atoms with Gasteiger partial charge in [-0.3, -0.25) is 0 Å². The van der Waals surface area contributed by atoms with E-state index in [0.717, 1.165) is 11.3 Å². The van der Waals surface area contributed by atoms with Crippen molar-refractivity contribution in [2.75, 3.05) is 5.32 Å². The number of nitrogens with zero attached hydrogens (tertiary/aromatic N) is 1. The fraction of sp³-hybridized carbons (Fsp3) is 0.500. The van der Waals surface area contributed by atoms with Gasteiger partial charge >= 0.3 is 0 Å². The zero-order valence-electron chi connectivity index (χ0n) is 7.96. The van der Waals surface area contributed by atoms with Gasteiger partial charge < -0.3 is 11.1 Å². The molecular weight excluding hydrogens is 198 g/mol. The fourth-order valence-corrected chi connectivity index (χ4v) is 1.69. The molecule has 1 aromatic rings. The maximum atomic E-state index is 5.83. The summed E-state index contributed by atoms with van der Waals surface area (Å²) in [6, 6.07) is 2.45. The van der Waals surface area contributed by atoms with Gasteiger partial charge in [-0.1, -0.05) is 11.6 Å². The van der Waals surface area contributed by atoms with Crippen LogP contribution in [0.25, 0.3) is 0 Å². The monoisotopic (exact) mass is 211 g/mol. The fourth-order valence-electron chi connectivity index (χ4n) is 1.53. The summed E-state index contributed by atoms with van der Waals surface area (Å²) < 4.78 is 0. The Morgan fingerprint density at radius 1 is 1.57 bits per heavy atom. The van der Waals surface area contributed by atoms with E-state index in [1.807, 2.05) is 6.07 Å². The Hall–Kier alpha value is -0.800. The Kier molecular flexibility index (Phi) is 2.89. The van der Waals surface area contributed by atoms with Crippen LogP contribution in [0, 0.1) is 0 Å². The lowest BCUT2D eigenvalue weighted by molar-refractivity contribution is 0.445. The van der Waals surface area contributed by atoms with Crippen molar-refractivity contribution in [3.8, 4) is 0 Å². The third-order valence-corrected chi connectivity index (χ3v) is 2.84. The number of aromatic nitrogens is 1. The lowest BCUT2D eigenvalue weighted by Gasteiger charge is -2.28. The Bertz CT molecular complexity index is 323. The minimum Gasteiger partial charge on any atom is -0.382 e. The van der Waals surface area contributed by atoms with Gasteiger partial charge in [-0.25, -0.2) is 4.98 Å². The van der Waals surface area contributed by atoms with Crippen LogP contribution in [-0.4, -0.2) is 11.0 Å². The number of rotatable bonds is 3. The van der Waals surface area contributed by atoms with Crippen molar-refractivity contribution in [2.45, 2.75) is 31.8 Å². The molecule has 0 atom stereocenters. The predicted octanol–water partition coefficient (Wildman–Crippen LogP) is 2.16. The van der Waals surface area contributed by atoms with Gasteiger partial charge in [0.15, 0.2) is 0 Å². The highest BCUT2D eigenvalue weighted by Crippen LogP contribution is 2.26. The Morgan fingerprint density at radius 3 is 2.93 bits per heavy atom. The molecule has 0 amide bonds. The molecule has 1 fully saturated rings. The molecule has 4 heteroatoms. The first kappa shape index (κ1) is 9.74. The third kappa shape index (κ3) is 1.99. The molecule has 76 valence electrons. The van der Waals surface area contributed by atoms with Gasteiger partial charge in [0.1, 0.15) is 5.15 Å². The molecule has 0 spiro atoms. The summed E-state index contributed by atoms with van der Waals surface area (Å²) in [5.41, 5.74) is 7.68. The number of hydrogen-bond donors (Lipinski definition) is 2. The molecule has 3 N–H and O–H groups in total. The van der Waals surface area contributed by atoms with Crippen LogP contribution in [0.3, 0.4) is 0 Å². The van der Waals surface area contributed by atoms with Gasteiger partial charge in [0, 0.05) is 30.0 Å². The van der Waals surface area contributed by atoms with Crippen LogP contribution in [-0.2, 0) is 6.54 Å². The summed E-state index contributed by atoms with van der Waals surface area (Å²) in [4.78, 5) is 4.01. The van der Waals surface area contributed by atoms with Crippen molar-refractivity contribution in [1.29, 1.82) is 0 Å². The van der Waals surface area contributed by atoms with Crippen molar-refractivity contribution in [3.05, 3.63) is 23.0 Å². The van der Waals surface area contributed by atoms with Crippen molar-refractivity contribution in [3.63, 3.8) is 0 Å². The smallest absolute Gasteiger partial charge is 0.131 e. The van der Waals surface area contributed by atoms with Crippen molar-refractivity contribution in [1.82, 2.24) is 4.98 Å². The number of anilines is 1. The Labute approximate surface area is 88.7 Å². The quantitative estimate of drug-likeness (QED) is 0.754. The van der Waals surface area contributed by atoms with Gasteiger partial charge in [0.05, 0.1) is 0 Å². The summed E-state index contributed by atoms with van der Waals surface area (Å²) in [7, 11) is 0. The van der Waals surface area contributed by atoms with E-state index in [1.165, 1.54) is 19.3 Å². The van der Waals surface area contributed by atoms with E-state index in [-0.39, 0.29) is 0 Å². The molecule has 1 aliphatic carbocycles. The van der Waals surface area contributed by atoms with Crippen molar-refractivity contribution < 1.29 is 0 Å². The summed E-state index contributed by atoms with van der Waals surface area (Å²) in [6.07, 6.45) is 5.53. The topological polar surface area (TPSA) is 50.9 Å². The normalized spacial score (nSPS) is 16.4. The van der Waals surface area contributed by atoms with Gasteiger partial charge in [0.25, 0.3) is 0 Å². The van der Waals surface area contributed by atoms with Crippen molar-refractivity contribution in [2.24, 2.45) is 5.73 Å². The molecule has 1 saturated carbocycles. The SMILES string of the molecule is NCc1cnc(Cl)cc1NC1CCC1. The molecule has 0 bridgehead atoms. The zero-order chi connectivity index (χ0) is 9.97. The summed E-state index contributed by atoms with van der Waals surface area (Å²) >= 11 is 5.83. The first-order valence-corrected chi connectivity index (χ1v) is 5.28. The zero-order valence-corrected chi connectivity index (χ0v) is 8.72.